The number of carbonyl (C=O) groups is 3. The van der Waals surface area contributed by atoms with Crippen LogP contribution in [0.4, 0.5) is 4.79 Å². The summed E-state index contributed by atoms with van der Waals surface area (Å²) < 4.78 is 11.3. The lowest BCUT2D eigenvalue weighted by Crippen LogP contribution is -2.44. The highest BCUT2D eigenvalue weighted by molar-refractivity contribution is 6.02. The number of ketones is 1. The zero-order chi connectivity index (χ0) is 25.6. The van der Waals surface area contributed by atoms with Crippen LogP contribution in [0.5, 0.6) is 0 Å². The number of esters is 1. The first-order valence-corrected chi connectivity index (χ1v) is 11.5. The maximum absolute atomic E-state index is 13.7. The molecule has 0 radical (unpaired) electrons. The minimum absolute atomic E-state index is 0.346. The molecule has 3 rings (SSSR count). The first-order chi connectivity index (χ1) is 16.5. The van der Waals surface area contributed by atoms with Gasteiger partial charge in [-0.1, -0.05) is 78.4 Å². The number of carbonyl (C=O) groups excluding carboxylic acids is 3. The van der Waals surface area contributed by atoms with E-state index in [-0.39, 0.29) is 0 Å². The maximum Gasteiger partial charge on any atom is 0.408 e. The Labute approximate surface area is 206 Å². The van der Waals surface area contributed by atoms with E-state index in [1.54, 1.807) is 88.4 Å². The first kappa shape index (κ1) is 25.7. The number of aryl methyl sites for hydroxylation is 2. The van der Waals surface area contributed by atoms with E-state index in [2.05, 4.69) is 5.32 Å². The molecular formula is C29H31NO5. The predicted molar refractivity (Wildman–Crippen MR) is 134 cm³/mol. The van der Waals surface area contributed by atoms with Crippen LogP contribution in [0, 0.1) is 13.8 Å². The van der Waals surface area contributed by atoms with Crippen LogP contribution in [0.25, 0.3) is 0 Å². The number of hydrogen-bond acceptors (Lipinski definition) is 5. The van der Waals surface area contributed by atoms with Crippen LogP contribution < -0.4 is 5.32 Å². The quantitative estimate of drug-likeness (QED) is 0.337. The van der Waals surface area contributed by atoms with E-state index in [0.29, 0.717) is 16.7 Å². The molecule has 6 heteroatoms. The third kappa shape index (κ3) is 7.03. The Balaban J connectivity index is 2.06. The molecule has 0 spiro atoms. The van der Waals surface area contributed by atoms with Crippen molar-refractivity contribution in [2.24, 2.45) is 0 Å². The van der Waals surface area contributed by atoms with Crippen LogP contribution >= 0.6 is 0 Å². The van der Waals surface area contributed by atoms with Crippen molar-refractivity contribution in [2.45, 2.75) is 52.4 Å². The fraction of sp³-hybridized carbons (Fsp3) is 0.276. The molecule has 0 aromatic heterocycles. The Bertz CT molecular complexity index is 1180. The lowest BCUT2D eigenvalue weighted by molar-refractivity contribution is 0.0149. The van der Waals surface area contributed by atoms with Crippen LogP contribution in [0.15, 0.2) is 78.9 Å². The Hall–Kier alpha value is -3.93. The van der Waals surface area contributed by atoms with Crippen molar-refractivity contribution in [2.75, 3.05) is 0 Å². The average molecular weight is 474 g/mol. The van der Waals surface area contributed by atoms with Crippen molar-refractivity contribution >= 4 is 17.8 Å². The van der Waals surface area contributed by atoms with Crippen LogP contribution in [0.2, 0.25) is 0 Å². The van der Waals surface area contributed by atoms with E-state index in [0.717, 1.165) is 11.1 Å². The van der Waals surface area contributed by atoms with Crippen LogP contribution in [-0.2, 0) is 9.47 Å². The zero-order valence-corrected chi connectivity index (χ0v) is 20.7. The number of nitrogens with one attached hydrogen (secondary N) is 1. The van der Waals surface area contributed by atoms with Gasteiger partial charge in [-0.2, -0.15) is 0 Å². The molecule has 2 atom stereocenters. The molecule has 0 unspecified atom stereocenters. The van der Waals surface area contributed by atoms with Gasteiger partial charge in [0.05, 0.1) is 5.56 Å². The molecule has 0 bridgehead atoms. The van der Waals surface area contributed by atoms with Gasteiger partial charge < -0.3 is 14.8 Å². The molecule has 0 aliphatic carbocycles. The average Bonchev–Trinajstić information content (AvgIpc) is 2.81. The molecular weight excluding hydrogens is 442 g/mol. The minimum atomic E-state index is -1.33. The summed E-state index contributed by atoms with van der Waals surface area (Å²) in [5.74, 6) is -1.09. The van der Waals surface area contributed by atoms with E-state index < -0.39 is 35.6 Å². The van der Waals surface area contributed by atoms with E-state index in [9.17, 15) is 14.4 Å². The molecule has 182 valence electrons. The van der Waals surface area contributed by atoms with E-state index >= 15 is 0 Å². The summed E-state index contributed by atoms with van der Waals surface area (Å²) in [4.78, 5) is 39.7. The van der Waals surface area contributed by atoms with E-state index in [1.807, 2.05) is 25.1 Å². The molecule has 35 heavy (non-hydrogen) atoms. The number of rotatable bonds is 7. The number of ether oxygens (including phenoxy) is 2. The van der Waals surface area contributed by atoms with Gasteiger partial charge in [-0.15, -0.1) is 0 Å². The second kappa shape index (κ2) is 11.0. The molecule has 0 aliphatic rings. The van der Waals surface area contributed by atoms with Gasteiger partial charge in [0.25, 0.3) is 0 Å². The fourth-order valence-electron chi connectivity index (χ4n) is 3.56. The minimum Gasteiger partial charge on any atom is -0.448 e. The summed E-state index contributed by atoms with van der Waals surface area (Å²) in [6, 6.07) is 21.9. The lowest BCUT2D eigenvalue weighted by Gasteiger charge is -2.29. The van der Waals surface area contributed by atoms with E-state index in [1.165, 1.54) is 0 Å². The van der Waals surface area contributed by atoms with Gasteiger partial charge in [0.1, 0.15) is 11.6 Å². The fourth-order valence-corrected chi connectivity index (χ4v) is 3.56. The largest absolute Gasteiger partial charge is 0.448 e. The van der Waals surface area contributed by atoms with Crippen molar-refractivity contribution in [1.82, 2.24) is 5.32 Å². The summed E-state index contributed by atoms with van der Waals surface area (Å²) in [5, 5.41) is 2.77. The van der Waals surface area contributed by atoms with Crippen molar-refractivity contribution < 1.29 is 23.9 Å². The number of Topliss-reactive ketones (excluding diaryl/α,β-unsaturated/α-hetero) is 1. The molecule has 1 amide bonds. The number of amides is 1. The van der Waals surface area contributed by atoms with Gasteiger partial charge >= 0.3 is 12.1 Å². The third-order valence-corrected chi connectivity index (χ3v) is 5.33. The molecule has 0 saturated heterocycles. The third-order valence-electron chi connectivity index (χ3n) is 5.33. The van der Waals surface area contributed by atoms with Crippen molar-refractivity contribution in [3.63, 3.8) is 0 Å². The summed E-state index contributed by atoms with van der Waals surface area (Å²) in [5.41, 5.74) is 2.28. The molecule has 1 N–H and O–H groups in total. The van der Waals surface area contributed by atoms with Gasteiger partial charge in [-0.3, -0.25) is 4.79 Å². The summed E-state index contributed by atoms with van der Waals surface area (Å²) in [6.07, 6.45) is -2.05. The van der Waals surface area contributed by atoms with Crippen LogP contribution in [-0.4, -0.2) is 29.6 Å². The molecule has 3 aromatic rings. The summed E-state index contributed by atoms with van der Waals surface area (Å²) in [7, 11) is 0. The van der Waals surface area contributed by atoms with Gasteiger partial charge in [0.2, 0.25) is 5.78 Å². The Morgan fingerprint density at radius 3 is 2.00 bits per heavy atom. The van der Waals surface area contributed by atoms with Crippen molar-refractivity contribution in [1.29, 1.82) is 0 Å². The normalized spacial score (nSPS) is 12.8. The second-order valence-electron chi connectivity index (χ2n) is 9.41. The Morgan fingerprint density at radius 2 is 1.40 bits per heavy atom. The number of alkyl carbamates (subject to hydrolysis) is 1. The Morgan fingerprint density at radius 1 is 0.800 bits per heavy atom. The molecule has 0 fully saturated rings. The molecule has 3 aromatic carbocycles. The number of benzene rings is 3. The highest BCUT2D eigenvalue weighted by atomic mass is 16.6. The van der Waals surface area contributed by atoms with E-state index in [4.69, 9.17) is 9.47 Å². The molecule has 6 nitrogen and oxygen atoms in total. The topological polar surface area (TPSA) is 81.7 Å². The van der Waals surface area contributed by atoms with Gasteiger partial charge in [-0.05, 0) is 51.8 Å². The molecule has 0 heterocycles. The monoisotopic (exact) mass is 473 g/mol. The lowest BCUT2D eigenvalue weighted by atomic mass is 9.94. The number of hydrogen-bond donors (Lipinski definition) is 1. The SMILES string of the molecule is Cc1ccc([C@@H](NC(=O)OC(C)(C)C)[C@@H](OC(=O)c2ccccc2C)C(=O)c2ccccc2)cc1. The van der Waals surface area contributed by atoms with Gasteiger partial charge in [-0.25, -0.2) is 9.59 Å². The molecule has 0 saturated carbocycles. The second-order valence-corrected chi connectivity index (χ2v) is 9.41. The standard InChI is InChI=1S/C29H31NO5/c1-19-15-17-21(18-16-19)24(30-28(33)35-29(3,4)5)26(25(31)22-12-7-6-8-13-22)34-27(32)23-14-10-9-11-20(23)2/h6-18,24,26H,1-5H3,(H,30,33)/t24-,26-/m1/s1. The van der Waals surface area contributed by atoms with Gasteiger partial charge in [0.15, 0.2) is 6.10 Å². The highest BCUT2D eigenvalue weighted by Gasteiger charge is 2.36. The highest BCUT2D eigenvalue weighted by Crippen LogP contribution is 2.26. The Kier molecular flexibility index (Phi) is 8.07. The van der Waals surface area contributed by atoms with Gasteiger partial charge in [0, 0.05) is 5.56 Å². The van der Waals surface area contributed by atoms with Crippen LogP contribution in [0.1, 0.15) is 64.2 Å². The van der Waals surface area contributed by atoms with Crippen molar-refractivity contribution in [3.05, 3.63) is 107 Å². The smallest absolute Gasteiger partial charge is 0.408 e. The summed E-state index contributed by atoms with van der Waals surface area (Å²) in [6.45, 7) is 8.97. The maximum atomic E-state index is 13.7. The predicted octanol–water partition coefficient (Wildman–Crippen LogP) is 5.98. The summed E-state index contributed by atoms with van der Waals surface area (Å²) >= 11 is 0. The first-order valence-electron chi connectivity index (χ1n) is 11.5. The molecule has 0 aliphatic heterocycles. The van der Waals surface area contributed by atoms with Crippen LogP contribution in [0.3, 0.4) is 0 Å². The zero-order valence-electron chi connectivity index (χ0n) is 20.7. The van der Waals surface area contributed by atoms with Crippen molar-refractivity contribution in [3.8, 4) is 0 Å².